The lowest BCUT2D eigenvalue weighted by atomic mass is 10.2. The SMILES string of the molecule is CSCCC(=O)NCc1cccc(O)c1. The summed E-state index contributed by atoms with van der Waals surface area (Å²) in [5, 5.41) is 12.0. The molecule has 0 saturated carbocycles. The lowest BCUT2D eigenvalue weighted by Gasteiger charge is -2.04. The Bertz CT molecular complexity index is 328. The number of amides is 1. The molecular formula is C11H15NO2S. The van der Waals surface area contributed by atoms with Crippen LogP contribution >= 0.6 is 11.8 Å². The van der Waals surface area contributed by atoms with Gasteiger partial charge in [-0.05, 0) is 24.0 Å². The highest BCUT2D eigenvalue weighted by Crippen LogP contribution is 2.10. The summed E-state index contributed by atoms with van der Waals surface area (Å²) >= 11 is 1.65. The zero-order valence-electron chi connectivity index (χ0n) is 8.69. The maximum Gasteiger partial charge on any atom is 0.221 e. The molecule has 1 aromatic rings. The van der Waals surface area contributed by atoms with Crippen LogP contribution in [0, 0.1) is 0 Å². The Balaban J connectivity index is 2.33. The Morgan fingerprint density at radius 2 is 2.33 bits per heavy atom. The van der Waals surface area contributed by atoms with E-state index in [1.165, 1.54) is 0 Å². The van der Waals surface area contributed by atoms with Crippen LogP contribution in [-0.2, 0) is 11.3 Å². The van der Waals surface area contributed by atoms with Crippen molar-refractivity contribution < 1.29 is 9.90 Å². The number of aromatic hydroxyl groups is 1. The second-order valence-electron chi connectivity index (χ2n) is 3.19. The number of phenols is 1. The molecule has 0 aromatic heterocycles. The van der Waals surface area contributed by atoms with Gasteiger partial charge < -0.3 is 10.4 Å². The molecule has 4 heteroatoms. The Morgan fingerprint density at radius 1 is 1.53 bits per heavy atom. The monoisotopic (exact) mass is 225 g/mol. The fourth-order valence-corrected chi connectivity index (χ4v) is 1.54. The van der Waals surface area contributed by atoms with Gasteiger partial charge in [0.1, 0.15) is 5.75 Å². The summed E-state index contributed by atoms with van der Waals surface area (Å²) in [6.07, 6.45) is 2.52. The first-order valence-electron chi connectivity index (χ1n) is 4.76. The Labute approximate surface area is 93.9 Å². The molecule has 0 aliphatic heterocycles. The predicted octanol–water partition coefficient (Wildman–Crippen LogP) is 1.76. The summed E-state index contributed by atoms with van der Waals surface area (Å²) in [6.45, 7) is 0.474. The average Bonchev–Trinajstić information content (AvgIpc) is 2.23. The van der Waals surface area contributed by atoms with Crippen molar-refractivity contribution in [1.29, 1.82) is 0 Å². The third-order valence-electron chi connectivity index (χ3n) is 1.93. The molecule has 0 aliphatic carbocycles. The molecule has 1 amide bonds. The highest BCUT2D eigenvalue weighted by atomic mass is 32.2. The summed E-state index contributed by atoms with van der Waals surface area (Å²) in [5.41, 5.74) is 0.910. The quantitative estimate of drug-likeness (QED) is 0.803. The maximum absolute atomic E-state index is 11.3. The largest absolute Gasteiger partial charge is 0.508 e. The first-order valence-corrected chi connectivity index (χ1v) is 6.15. The number of rotatable bonds is 5. The van der Waals surface area contributed by atoms with Crippen LogP contribution in [0.25, 0.3) is 0 Å². The van der Waals surface area contributed by atoms with E-state index in [9.17, 15) is 9.90 Å². The molecule has 0 bridgehead atoms. The molecule has 82 valence electrons. The highest BCUT2D eigenvalue weighted by Gasteiger charge is 2.00. The van der Waals surface area contributed by atoms with E-state index in [1.54, 1.807) is 30.0 Å². The van der Waals surface area contributed by atoms with Crippen molar-refractivity contribution in [3.05, 3.63) is 29.8 Å². The second kappa shape index (κ2) is 6.35. The first-order chi connectivity index (χ1) is 7.22. The van der Waals surface area contributed by atoms with Crippen molar-refractivity contribution >= 4 is 17.7 Å². The number of carbonyl (C=O) groups is 1. The molecule has 2 N–H and O–H groups in total. The van der Waals surface area contributed by atoms with E-state index in [4.69, 9.17) is 0 Å². The number of hydrogen-bond acceptors (Lipinski definition) is 3. The van der Waals surface area contributed by atoms with Gasteiger partial charge in [0, 0.05) is 18.7 Å². The van der Waals surface area contributed by atoms with Crippen molar-refractivity contribution in [2.24, 2.45) is 0 Å². The van der Waals surface area contributed by atoms with E-state index in [-0.39, 0.29) is 11.7 Å². The minimum atomic E-state index is 0.0488. The summed E-state index contributed by atoms with van der Waals surface area (Å²) in [6, 6.07) is 6.89. The van der Waals surface area contributed by atoms with E-state index < -0.39 is 0 Å². The van der Waals surface area contributed by atoms with Gasteiger partial charge in [0.2, 0.25) is 5.91 Å². The standard InChI is InChI=1S/C11H15NO2S/c1-15-6-5-11(14)12-8-9-3-2-4-10(13)7-9/h2-4,7,13H,5-6,8H2,1H3,(H,12,14). The van der Waals surface area contributed by atoms with E-state index in [0.717, 1.165) is 11.3 Å². The van der Waals surface area contributed by atoms with Crippen LogP contribution in [0.3, 0.4) is 0 Å². The number of phenolic OH excluding ortho intramolecular Hbond substituents is 1. The number of carbonyl (C=O) groups excluding carboxylic acids is 1. The topological polar surface area (TPSA) is 49.3 Å². The van der Waals surface area contributed by atoms with Crippen LogP contribution < -0.4 is 5.32 Å². The Hall–Kier alpha value is -1.16. The maximum atomic E-state index is 11.3. The molecule has 1 rings (SSSR count). The number of hydrogen-bond donors (Lipinski definition) is 2. The normalized spacial score (nSPS) is 9.93. The predicted molar refractivity (Wildman–Crippen MR) is 63.0 cm³/mol. The molecule has 3 nitrogen and oxygen atoms in total. The van der Waals surface area contributed by atoms with Gasteiger partial charge >= 0.3 is 0 Å². The van der Waals surface area contributed by atoms with Crippen molar-refractivity contribution in [3.63, 3.8) is 0 Å². The summed E-state index contributed by atoms with van der Waals surface area (Å²) in [7, 11) is 0. The van der Waals surface area contributed by atoms with Crippen molar-refractivity contribution in [2.45, 2.75) is 13.0 Å². The highest BCUT2D eigenvalue weighted by molar-refractivity contribution is 7.98. The van der Waals surface area contributed by atoms with Crippen LogP contribution in [0.15, 0.2) is 24.3 Å². The first kappa shape index (κ1) is 11.9. The smallest absolute Gasteiger partial charge is 0.221 e. The number of thioether (sulfide) groups is 1. The Morgan fingerprint density at radius 3 is 3.00 bits per heavy atom. The van der Waals surface area contributed by atoms with Crippen LogP contribution in [0.5, 0.6) is 5.75 Å². The van der Waals surface area contributed by atoms with Crippen LogP contribution in [0.4, 0.5) is 0 Å². The molecule has 0 fully saturated rings. The summed E-state index contributed by atoms with van der Waals surface area (Å²) in [5.74, 6) is 1.12. The van der Waals surface area contributed by atoms with Gasteiger partial charge in [0.15, 0.2) is 0 Å². The van der Waals surface area contributed by atoms with Crippen molar-refractivity contribution in [2.75, 3.05) is 12.0 Å². The van der Waals surface area contributed by atoms with Gasteiger partial charge in [-0.25, -0.2) is 0 Å². The number of benzene rings is 1. The lowest BCUT2D eigenvalue weighted by Crippen LogP contribution is -2.22. The van der Waals surface area contributed by atoms with Crippen LogP contribution in [0.1, 0.15) is 12.0 Å². The number of nitrogens with one attached hydrogen (secondary N) is 1. The zero-order chi connectivity index (χ0) is 11.1. The van der Waals surface area contributed by atoms with E-state index in [1.807, 2.05) is 12.3 Å². The minimum Gasteiger partial charge on any atom is -0.508 e. The van der Waals surface area contributed by atoms with Gasteiger partial charge in [-0.2, -0.15) is 11.8 Å². The van der Waals surface area contributed by atoms with Gasteiger partial charge in [-0.3, -0.25) is 4.79 Å². The third kappa shape index (κ3) is 4.74. The molecule has 15 heavy (non-hydrogen) atoms. The van der Waals surface area contributed by atoms with Gasteiger partial charge in [0.25, 0.3) is 0 Å². The molecule has 0 unspecified atom stereocenters. The fourth-order valence-electron chi connectivity index (χ4n) is 1.15. The van der Waals surface area contributed by atoms with Crippen LogP contribution in [-0.4, -0.2) is 23.0 Å². The van der Waals surface area contributed by atoms with Gasteiger partial charge in [-0.15, -0.1) is 0 Å². The zero-order valence-corrected chi connectivity index (χ0v) is 9.51. The summed E-state index contributed by atoms with van der Waals surface area (Å²) in [4.78, 5) is 11.3. The second-order valence-corrected chi connectivity index (χ2v) is 4.18. The van der Waals surface area contributed by atoms with Crippen molar-refractivity contribution in [3.8, 4) is 5.75 Å². The van der Waals surface area contributed by atoms with Crippen molar-refractivity contribution in [1.82, 2.24) is 5.32 Å². The van der Waals surface area contributed by atoms with Gasteiger partial charge in [-0.1, -0.05) is 12.1 Å². The molecular weight excluding hydrogens is 210 g/mol. The molecule has 0 radical (unpaired) electrons. The molecule has 0 heterocycles. The van der Waals surface area contributed by atoms with E-state index >= 15 is 0 Å². The minimum absolute atomic E-state index is 0.0488. The lowest BCUT2D eigenvalue weighted by molar-refractivity contribution is -0.120. The molecule has 0 spiro atoms. The van der Waals surface area contributed by atoms with Crippen LogP contribution in [0.2, 0.25) is 0 Å². The van der Waals surface area contributed by atoms with Gasteiger partial charge in [0.05, 0.1) is 0 Å². The third-order valence-corrected chi connectivity index (χ3v) is 2.55. The molecule has 1 aromatic carbocycles. The molecule has 0 saturated heterocycles. The average molecular weight is 225 g/mol. The molecule has 0 aliphatic rings. The van der Waals surface area contributed by atoms with E-state index in [0.29, 0.717) is 13.0 Å². The summed E-state index contributed by atoms with van der Waals surface area (Å²) < 4.78 is 0. The fraction of sp³-hybridized carbons (Fsp3) is 0.364. The molecule has 0 atom stereocenters. The Kier molecular flexibility index (Phi) is 5.04. The van der Waals surface area contributed by atoms with E-state index in [2.05, 4.69) is 5.32 Å².